The van der Waals surface area contributed by atoms with E-state index in [1.54, 1.807) is 6.07 Å². The average Bonchev–Trinajstić information content (AvgIpc) is 2.57. The second kappa shape index (κ2) is 6.02. The first-order valence-electron chi connectivity index (χ1n) is 6.43. The third-order valence-corrected chi connectivity index (χ3v) is 3.46. The molecule has 1 aliphatic heterocycles. The van der Waals surface area contributed by atoms with E-state index in [0.29, 0.717) is 10.7 Å². The molecule has 1 heterocycles. The fraction of sp³-hybridized carbons (Fsp3) is 0.429. The van der Waals surface area contributed by atoms with Crippen molar-refractivity contribution in [1.29, 1.82) is 0 Å². The zero-order valence-corrected chi connectivity index (χ0v) is 11.8. The smallest absolute Gasteiger partial charge is 0.261 e. The largest absolute Gasteiger partial charge is 0.480 e. The van der Waals surface area contributed by atoms with Gasteiger partial charge in [0, 0.05) is 12.1 Å². The standard InChI is InChI=1S/C14H18N2O2S/c1-9-5-6-10(13(15)19)8-12(9)18-11-4-2-3-7-16-14(11)17/h5-6,8,11H,2-4,7H2,1H3,(H2,15,19)(H,16,17). The molecule has 4 nitrogen and oxygen atoms in total. The molecule has 1 atom stereocenters. The molecule has 3 N–H and O–H groups in total. The number of rotatable bonds is 3. The van der Waals surface area contributed by atoms with Gasteiger partial charge in [-0.3, -0.25) is 4.79 Å². The van der Waals surface area contributed by atoms with Gasteiger partial charge < -0.3 is 15.8 Å². The number of nitrogens with one attached hydrogen (secondary N) is 1. The topological polar surface area (TPSA) is 64.3 Å². The van der Waals surface area contributed by atoms with Crippen molar-refractivity contribution in [2.24, 2.45) is 5.73 Å². The Hall–Kier alpha value is -1.62. The van der Waals surface area contributed by atoms with Crippen LogP contribution in [-0.4, -0.2) is 23.5 Å². The quantitative estimate of drug-likeness (QED) is 0.826. The maximum atomic E-state index is 11.9. The van der Waals surface area contributed by atoms with Gasteiger partial charge in [0.15, 0.2) is 6.10 Å². The summed E-state index contributed by atoms with van der Waals surface area (Å²) in [5, 5.41) is 2.86. The van der Waals surface area contributed by atoms with Crippen LogP contribution in [0.2, 0.25) is 0 Å². The van der Waals surface area contributed by atoms with Gasteiger partial charge in [-0.1, -0.05) is 24.4 Å². The third kappa shape index (κ3) is 3.44. The molecule has 1 aromatic carbocycles. The van der Waals surface area contributed by atoms with Gasteiger partial charge in [0.05, 0.1) is 0 Å². The number of thiocarbonyl (C=S) groups is 1. The summed E-state index contributed by atoms with van der Waals surface area (Å²) in [5.74, 6) is 0.630. The number of carbonyl (C=O) groups excluding carboxylic acids is 1. The summed E-state index contributed by atoms with van der Waals surface area (Å²) >= 11 is 4.96. The lowest BCUT2D eigenvalue weighted by Crippen LogP contribution is -2.36. The predicted octanol–water partition coefficient (Wildman–Crippen LogP) is 1.68. The minimum Gasteiger partial charge on any atom is -0.480 e. The van der Waals surface area contributed by atoms with Gasteiger partial charge in [-0.05, 0) is 37.8 Å². The van der Waals surface area contributed by atoms with Crippen molar-refractivity contribution in [3.05, 3.63) is 29.3 Å². The fourth-order valence-corrected chi connectivity index (χ4v) is 2.18. The van der Waals surface area contributed by atoms with Crippen LogP contribution in [0.3, 0.4) is 0 Å². The molecule has 0 aliphatic carbocycles. The Morgan fingerprint density at radius 3 is 3.00 bits per heavy atom. The van der Waals surface area contributed by atoms with Crippen LogP contribution < -0.4 is 15.8 Å². The number of aryl methyl sites for hydroxylation is 1. The normalized spacial score (nSPS) is 19.4. The van der Waals surface area contributed by atoms with Gasteiger partial charge in [0.25, 0.3) is 5.91 Å². The van der Waals surface area contributed by atoms with E-state index in [1.165, 1.54) is 0 Å². The molecule has 0 radical (unpaired) electrons. The molecule has 0 saturated carbocycles. The number of ether oxygens (including phenoxy) is 1. The van der Waals surface area contributed by atoms with E-state index in [9.17, 15) is 4.79 Å². The van der Waals surface area contributed by atoms with E-state index >= 15 is 0 Å². The number of hydrogen-bond acceptors (Lipinski definition) is 3. The lowest BCUT2D eigenvalue weighted by atomic mass is 10.1. The van der Waals surface area contributed by atoms with Crippen molar-refractivity contribution in [3.63, 3.8) is 0 Å². The van der Waals surface area contributed by atoms with Crippen LogP contribution >= 0.6 is 12.2 Å². The van der Waals surface area contributed by atoms with Crippen LogP contribution in [0, 0.1) is 6.92 Å². The molecule has 2 rings (SSSR count). The van der Waals surface area contributed by atoms with Gasteiger partial charge in [0.1, 0.15) is 10.7 Å². The first-order valence-corrected chi connectivity index (χ1v) is 6.83. The lowest BCUT2D eigenvalue weighted by Gasteiger charge is -2.18. The number of amides is 1. The molecule has 19 heavy (non-hydrogen) atoms. The van der Waals surface area contributed by atoms with Crippen molar-refractivity contribution in [2.45, 2.75) is 32.3 Å². The van der Waals surface area contributed by atoms with Crippen molar-refractivity contribution in [3.8, 4) is 5.75 Å². The molecule has 1 saturated heterocycles. The number of hydrogen-bond donors (Lipinski definition) is 2. The molecule has 5 heteroatoms. The van der Waals surface area contributed by atoms with Gasteiger partial charge in [-0.2, -0.15) is 0 Å². The molecule has 1 aromatic rings. The monoisotopic (exact) mass is 278 g/mol. The van der Waals surface area contributed by atoms with Gasteiger partial charge in [0.2, 0.25) is 0 Å². The fourth-order valence-electron chi connectivity index (χ4n) is 2.06. The molecule has 0 aromatic heterocycles. The third-order valence-electron chi connectivity index (χ3n) is 3.23. The zero-order valence-electron chi connectivity index (χ0n) is 10.9. The highest BCUT2D eigenvalue weighted by Crippen LogP contribution is 2.23. The maximum Gasteiger partial charge on any atom is 0.261 e. The first kappa shape index (κ1) is 13.8. The Bertz CT molecular complexity index is 502. The van der Waals surface area contributed by atoms with Crippen LogP contribution in [0.15, 0.2) is 18.2 Å². The summed E-state index contributed by atoms with van der Waals surface area (Å²) in [6, 6.07) is 5.56. The van der Waals surface area contributed by atoms with E-state index < -0.39 is 6.10 Å². The van der Waals surface area contributed by atoms with Crippen LogP contribution in [0.25, 0.3) is 0 Å². The van der Waals surface area contributed by atoms with Crippen molar-refractivity contribution in [2.75, 3.05) is 6.54 Å². The molecule has 102 valence electrons. The van der Waals surface area contributed by atoms with Crippen LogP contribution in [0.1, 0.15) is 30.4 Å². The summed E-state index contributed by atoms with van der Waals surface area (Å²) < 4.78 is 5.84. The van der Waals surface area contributed by atoms with E-state index in [4.69, 9.17) is 22.7 Å². The minimum atomic E-state index is -0.428. The average molecular weight is 278 g/mol. The van der Waals surface area contributed by atoms with E-state index in [1.807, 2.05) is 19.1 Å². The Labute approximate surface area is 118 Å². The van der Waals surface area contributed by atoms with Gasteiger partial charge in [-0.15, -0.1) is 0 Å². The molecule has 1 aliphatic rings. The summed E-state index contributed by atoms with van der Waals surface area (Å²) in [7, 11) is 0. The Kier molecular flexibility index (Phi) is 4.37. The second-order valence-corrected chi connectivity index (χ2v) is 5.18. The van der Waals surface area contributed by atoms with Crippen molar-refractivity contribution >= 4 is 23.1 Å². The summed E-state index contributed by atoms with van der Waals surface area (Å²) in [6.07, 6.45) is 2.29. The van der Waals surface area contributed by atoms with Crippen molar-refractivity contribution < 1.29 is 9.53 Å². The zero-order chi connectivity index (χ0) is 13.8. The summed E-state index contributed by atoms with van der Waals surface area (Å²) in [6.45, 7) is 2.66. The van der Waals surface area contributed by atoms with Crippen LogP contribution in [0.5, 0.6) is 5.75 Å². The number of carbonyl (C=O) groups is 1. The summed E-state index contributed by atoms with van der Waals surface area (Å²) in [4.78, 5) is 12.2. The SMILES string of the molecule is Cc1ccc(C(N)=S)cc1OC1CCCCNC1=O. The molecule has 1 fully saturated rings. The minimum absolute atomic E-state index is 0.0439. The maximum absolute atomic E-state index is 11.9. The molecule has 1 unspecified atom stereocenters. The van der Waals surface area contributed by atoms with E-state index in [2.05, 4.69) is 5.32 Å². The van der Waals surface area contributed by atoms with E-state index in [0.717, 1.165) is 36.9 Å². The Morgan fingerprint density at radius 1 is 1.47 bits per heavy atom. The van der Waals surface area contributed by atoms with Gasteiger partial charge >= 0.3 is 0 Å². The van der Waals surface area contributed by atoms with Crippen LogP contribution in [-0.2, 0) is 4.79 Å². The highest BCUT2D eigenvalue weighted by Gasteiger charge is 2.23. The first-order chi connectivity index (χ1) is 9.08. The number of nitrogens with two attached hydrogens (primary N) is 1. The molecular weight excluding hydrogens is 260 g/mol. The second-order valence-electron chi connectivity index (χ2n) is 4.74. The molecule has 0 spiro atoms. The highest BCUT2D eigenvalue weighted by atomic mass is 32.1. The Morgan fingerprint density at radius 2 is 2.26 bits per heavy atom. The van der Waals surface area contributed by atoms with Crippen molar-refractivity contribution in [1.82, 2.24) is 5.32 Å². The number of benzene rings is 1. The summed E-state index contributed by atoms with van der Waals surface area (Å²) in [5.41, 5.74) is 7.34. The molecular formula is C14H18N2O2S. The Balaban J connectivity index is 2.19. The lowest BCUT2D eigenvalue weighted by molar-refractivity contribution is -0.127. The van der Waals surface area contributed by atoms with Gasteiger partial charge in [-0.25, -0.2) is 0 Å². The van der Waals surface area contributed by atoms with E-state index in [-0.39, 0.29) is 5.91 Å². The molecule has 1 amide bonds. The predicted molar refractivity (Wildman–Crippen MR) is 78.3 cm³/mol. The highest BCUT2D eigenvalue weighted by molar-refractivity contribution is 7.80. The van der Waals surface area contributed by atoms with Crippen LogP contribution in [0.4, 0.5) is 0 Å². The molecule has 0 bridgehead atoms.